The Morgan fingerprint density at radius 3 is 2.29 bits per heavy atom. The molecule has 0 aliphatic rings. The van der Waals surface area contributed by atoms with Gasteiger partial charge in [-0.15, -0.1) is 0 Å². The van der Waals surface area contributed by atoms with Gasteiger partial charge in [-0.1, -0.05) is 0 Å². The molecule has 0 spiro atoms. The summed E-state index contributed by atoms with van der Waals surface area (Å²) in [4.78, 5) is 33.2. The summed E-state index contributed by atoms with van der Waals surface area (Å²) >= 11 is 0. The average molecular weight is 247 g/mol. The number of ketones is 1. The zero-order chi connectivity index (χ0) is 13.6. The summed E-state index contributed by atoms with van der Waals surface area (Å²) in [5, 5.41) is 27.4. The number of aliphatic hydroxyl groups is 2. The van der Waals surface area contributed by atoms with E-state index in [2.05, 4.69) is 0 Å². The highest BCUT2D eigenvalue weighted by Gasteiger charge is 2.42. The first-order valence-electron chi connectivity index (χ1n) is 5.06. The molecule has 0 rings (SSSR count). The summed E-state index contributed by atoms with van der Waals surface area (Å²) in [6.07, 6.45) is -1.76. The second-order valence-electron chi connectivity index (χ2n) is 4.05. The maximum absolute atomic E-state index is 11.7. The van der Waals surface area contributed by atoms with Crippen molar-refractivity contribution >= 4 is 18.0 Å². The van der Waals surface area contributed by atoms with Crippen molar-refractivity contribution in [3.63, 3.8) is 0 Å². The molecule has 0 saturated heterocycles. The van der Waals surface area contributed by atoms with Crippen molar-refractivity contribution in [2.24, 2.45) is 17.1 Å². The summed E-state index contributed by atoms with van der Waals surface area (Å²) in [5.41, 5.74) is 3.47. The van der Waals surface area contributed by atoms with E-state index in [1.165, 1.54) is 6.92 Å². The molecule has 17 heavy (non-hydrogen) atoms. The SMILES string of the molecule is CC(C=O)(CO)C(O)C(=O)C(CCN)C(=O)O. The Hall–Kier alpha value is -1.31. The van der Waals surface area contributed by atoms with Gasteiger partial charge in [-0.3, -0.25) is 9.59 Å². The minimum absolute atomic E-state index is 0.0354. The number of carbonyl (C=O) groups excluding carboxylic acids is 2. The van der Waals surface area contributed by atoms with Gasteiger partial charge >= 0.3 is 5.97 Å². The molecule has 98 valence electrons. The van der Waals surface area contributed by atoms with Gasteiger partial charge in [0.25, 0.3) is 0 Å². The highest BCUT2D eigenvalue weighted by atomic mass is 16.4. The largest absolute Gasteiger partial charge is 0.481 e. The second kappa shape index (κ2) is 6.43. The normalized spacial score (nSPS) is 17.9. The Kier molecular flexibility index (Phi) is 5.94. The van der Waals surface area contributed by atoms with Crippen LogP contribution in [-0.2, 0) is 14.4 Å². The number of aldehydes is 1. The third-order valence-corrected chi connectivity index (χ3v) is 2.60. The summed E-state index contributed by atoms with van der Waals surface area (Å²) < 4.78 is 0. The molecule has 7 heteroatoms. The molecule has 0 aliphatic heterocycles. The van der Waals surface area contributed by atoms with Crippen LogP contribution >= 0.6 is 0 Å². The molecule has 3 unspecified atom stereocenters. The Labute approximate surface area is 98.2 Å². The summed E-state index contributed by atoms with van der Waals surface area (Å²) in [5.74, 6) is -3.90. The van der Waals surface area contributed by atoms with Crippen molar-refractivity contribution in [1.82, 2.24) is 0 Å². The number of carboxylic acid groups (broad SMARTS) is 1. The van der Waals surface area contributed by atoms with Crippen LogP contribution in [0.25, 0.3) is 0 Å². The highest BCUT2D eigenvalue weighted by Crippen LogP contribution is 2.22. The standard InChI is InChI=1S/C10H17NO6/c1-10(4-12,5-13)8(15)7(14)6(2-3-11)9(16)17/h4,6,8,13,15H,2-3,5,11H2,1H3,(H,16,17). The molecule has 0 amide bonds. The van der Waals surface area contributed by atoms with Crippen LogP contribution in [0.1, 0.15) is 13.3 Å². The van der Waals surface area contributed by atoms with E-state index in [1.54, 1.807) is 0 Å². The van der Waals surface area contributed by atoms with Gasteiger partial charge < -0.3 is 25.8 Å². The van der Waals surface area contributed by atoms with E-state index in [-0.39, 0.29) is 19.3 Å². The molecule has 5 N–H and O–H groups in total. The quantitative estimate of drug-likeness (QED) is 0.292. The van der Waals surface area contributed by atoms with E-state index in [0.29, 0.717) is 0 Å². The van der Waals surface area contributed by atoms with Gasteiger partial charge in [0.2, 0.25) is 0 Å². The lowest BCUT2D eigenvalue weighted by Gasteiger charge is -2.27. The topological polar surface area (TPSA) is 138 Å². The molecule has 0 radical (unpaired) electrons. The van der Waals surface area contributed by atoms with Gasteiger partial charge in [0, 0.05) is 0 Å². The predicted molar refractivity (Wildman–Crippen MR) is 57.1 cm³/mol. The number of carboxylic acids is 1. The van der Waals surface area contributed by atoms with Gasteiger partial charge in [0.15, 0.2) is 5.78 Å². The summed E-state index contributed by atoms with van der Waals surface area (Å²) in [7, 11) is 0. The van der Waals surface area contributed by atoms with E-state index in [0.717, 1.165) is 0 Å². The maximum Gasteiger partial charge on any atom is 0.314 e. The molecular formula is C10H17NO6. The van der Waals surface area contributed by atoms with Gasteiger partial charge in [0.05, 0.1) is 12.0 Å². The second-order valence-corrected chi connectivity index (χ2v) is 4.05. The van der Waals surface area contributed by atoms with Crippen molar-refractivity contribution in [2.45, 2.75) is 19.4 Å². The van der Waals surface area contributed by atoms with Gasteiger partial charge in [-0.05, 0) is 19.9 Å². The molecule has 7 nitrogen and oxygen atoms in total. The molecule has 0 saturated carbocycles. The molecule has 0 fully saturated rings. The van der Waals surface area contributed by atoms with Crippen molar-refractivity contribution in [1.29, 1.82) is 0 Å². The number of Topliss-reactive ketones (excluding diaryl/α,β-unsaturated/α-hetero) is 1. The lowest BCUT2D eigenvalue weighted by Crippen LogP contribution is -2.47. The van der Waals surface area contributed by atoms with E-state index >= 15 is 0 Å². The van der Waals surface area contributed by atoms with Crippen LogP contribution in [0, 0.1) is 11.3 Å². The average Bonchev–Trinajstić information content (AvgIpc) is 2.32. The number of carbonyl (C=O) groups is 3. The van der Waals surface area contributed by atoms with Crippen LogP contribution in [0.2, 0.25) is 0 Å². The smallest absolute Gasteiger partial charge is 0.314 e. The first-order valence-corrected chi connectivity index (χ1v) is 5.06. The number of aliphatic carboxylic acids is 1. The fraction of sp³-hybridized carbons (Fsp3) is 0.700. The Morgan fingerprint density at radius 1 is 1.47 bits per heavy atom. The van der Waals surface area contributed by atoms with Crippen molar-refractivity contribution in [2.75, 3.05) is 13.2 Å². The molecule has 0 aliphatic carbocycles. The summed E-state index contributed by atoms with van der Waals surface area (Å²) in [6.45, 7) is 0.384. The molecule has 0 aromatic heterocycles. The van der Waals surface area contributed by atoms with Crippen LogP contribution in [0.4, 0.5) is 0 Å². The Morgan fingerprint density at radius 2 is 2.00 bits per heavy atom. The minimum atomic E-state index is -1.86. The van der Waals surface area contributed by atoms with E-state index < -0.39 is 35.8 Å². The van der Waals surface area contributed by atoms with Crippen LogP contribution < -0.4 is 5.73 Å². The Bertz CT molecular complexity index is 305. The molecule has 3 atom stereocenters. The van der Waals surface area contributed by atoms with Crippen molar-refractivity contribution < 1.29 is 29.7 Å². The third kappa shape index (κ3) is 3.58. The van der Waals surface area contributed by atoms with Gasteiger partial charge in [-0.2, -0.15) is 0 Å². The van der Waals surface area contributed by atoms with Gasteiger partial charge in [0.1, 0.15) is 18.3 Å². The van der Waals surface area contributed by atoms with Crippen molar-refractivity contribution in [3.05, 3.63) is 0 Å². The van der Waals surface area contributed by atoms with E-state index in [1.807, 2.05) is 0 Å². The number of hydrogen-bond donors (Lipinski definition) is 4. The minimum Gasteiger partial charge on any atom is -0.481 e. The van der Waals surface area contributed by atoms with Gasteiger partial charge in [-0.25, -0.2) is 0 Å². The number of rotatable bonds is 8. The molecule has 0 heterocycles. The van der Waals surface area contributed by atoms with Crippen LogP contribution in [-0.4, -0.2) is 52.6 Å². The summed E-state index contributed by atoms with van der Waals surface area (Å²) in [6, 6.07) is 0. The fourth-order valence-corrected chi connectivity index (χ4v) is 1.26. The lowest BCUT2D eigenvalue weighted by molar-refractivity contribution is -0.155. The van der Waals surface area contributed by atoms with Crippen LogP contribution in [0.15, 0.2) is 0 Å². The molecule has 0 aromatic rings. The lowest BCUT2D eigenvalue weighted by atomic mass is 9.80. The van der Waals surface area contributed by atoms with Crippen LogP contribution in [0.3, 0.4) is 0 Å². The molecule has 0 aromatic carbocycles. The Balaban J connectivity index is 5.00. The highest BCUT2D eigenvalue weighted by molar-refractivity contribution is 6.02. The zero-order valence-electron chi connectivity index (χ0n) is 9.50. The number of aliphatic hydroxyl groups excluding tert-OH is 2. The van der Waals surface area contributed by atoms with Crippen molar-refractivity contribution in [3.8, 4) is 0 Å². The zero-order valence-corrected chi connectivity index (χ0v) is 9.50. The van der Waals surface area contributed by atoms with E-state index in [9.17, 15) is 19.5 Å². The maximum atomic E-state index is 11.7. The third-order valence-electron chi connectivity index (χ3n) is 2.60. The predicted octanol–water partition coefficient (Wildman–Crippen LogP) is -1.84. The van der Waals surface area contributed by atoms with E-state index in [4.69, 9.17) is 15.9 Å². The first-order chi connectivity index (χ1) is 7.83. The fourth-order valence-electron chi connectivity index (χ4n) is 1.26. The molecule has 0 bridgehead atoms. The number of nitrogens with two attached hydrogens (primary N) is 1. The first kappa shape index (κ1) is 15.7. The van der Waals surface area contributed by atoms with Crippen LogP contribution in [0.5, 0.6) is 0 Å². The number of hydrogen-bond acceptors (Lipinski definition) is 6. The monoisotopic (exact) mass is 247 g/mol. The molecular weight excluding hydrogens is 230 g/mol.